The van der Waals surface area contributed by atoms with Gasteiger partial charge in [0.2, 0.25) is 5.91 Å². The summed E-state index contributed by atoms with van der Waals surface area (Å²) in [7, 11) is 0. The number of carboxylic acid groups (broad SMARTS) is 1. The van der Waals surface area contributed by atoms with Gasteiger partial charge in [-0.25, -0.2) is 4.79 Å². The van der Waals surface area contributed by atoms with Crippen molar-refractivity contribution in [1.82, 2.24) is 4.90 Å². The highest BCUT2D eigenvalue weighted by molar-refractivity contribution is 6.00. The number of carbonyl (C=O) groups is 4. The van der Waals surface area contributed by atoms with E-state index in [1.165, 1.54) is 11.8 Å². The number of carboxylic acids is 1. The van der Waals surface area contributed by atoms with E-state index in [4.69, 9.17) is 0 Å². The van der Waals surface area contributed by atoms with Crippen LogP contribution < -0.4 is 0 Å². The Kier molecular flexibility index (Phi) is 6.34. The standard InChI is InChI=1S/C19H27NO6/c1-10(21)8-9-13(23)6-4-5-7-14-11(2)16-15(12(3)22)18(24)20(16)17(14)19(25)26/h11-12,15-16,22H,4-9H2,1-3H3,(H,25,26). The molecule has 1 fully saturated rings. The maximum atomic E-state index is 12.2. The normalized spacial score (nSPS) is 25.8. The van der Waals surface area contributed by atoms with Crippen molar-refractivity contribution < 1.29 is 29.4 Å². The van der Waals surface area contributed by atoms with Gasteiger partial charge >= 0.3 is 5.97 Å². The van der Waals surface area contributed by atoms with Crippen LogP contribution in [0.3, 0.4) is 0 Å². The fraction of sp³-hybridized carbons (Fsp3) is 0.684. The molecule has 4 atom stereocenters. The van der Waals surface area contributed by atoms with Gasteiger partial charge in [0.15, 0.2) is 0 Å². The summed E-state index contributed by atoms with van der Waals surface area (Å²) in [4.78, 5) is 47.8. The maximum Gasteiger partial charge on any atom is 0.352 e. The number of carbonyl (C=O) groups excluding carboxylic acids is 3. The van der Waals surface area contributed by atoms with Crippen LogP contribution in [0.5, 0.6) is 0 Å². The molecule has 0 bridgehead atoms. The van der Waals surface area contributed by atoms with Gasteiger partial charge in [-0.1, -0.05) is 6.92 Å². The third-order valence-electron chi connectivity index (χ3n) is 5.43. The fourth-order valence-corrected chi connectivity index (χ4v) is 4.06. The Morgan fingerprint density at radius 3 is 2.35 bits per heavy atom. The zero-order valence-corrected chi connectivity index (χ0v) is 15.5. The molecule has 0 aromatic heterocycles. The van der Waals surface area contributed by atoms with Crippen molar-refractivity contribution in [2.75, 3.05) is 0 Å². The Morgan fingerprint density at radius 1 is 1.15 bits per heavy atom. The molecule has 7 heteroatoms. The van der Waals surface area contributed by atoms with Gasteiger partial charge in [0, 0.05) is 25.2 Å². The number of rotatable bonds is 10. The molecule has 1 saturated heterocycles. The lowest BCUT2D eigenvalue weighted by Gasteiger charge is -2.46. The van der Waals surface area contributed by atoms with Crippen molar-refractivity contribution in [3.8, 4) is 0 Å². The van der Waals surface area contributed by atoms with Gasteiger partial charge in [0.05, 0.1) is 18.1 Å². The van der Waals surface area contributed by atoms with Crippen LogP contribution in [-0.2, 0) is 19.2 Å². The summed E-state index contributed by atoms with van der Waals surface area (Å²) in [5.41, 5.74) is 0.766. The Morgan fingerprint density at radius 2 is 1.81 bits per heavy atom. The monoisotopic (exact) mass is 365 g/mol. The molecule has 7 nitrogen and oxygen atoms in total. The third-order valence-corrected chi connectivity index (χ3v) is 5.43. The molecule has 0 spiro atoms. The number of hydrogen-bond acceptors (Lipinski definition) is 5. The van der Waals surface area contributed by atoms with Crippen molar-refractivity contribution in [2.24, 2.45) is 11.8 Å². The average Bonchev–Trinajstić information content (AvgIpc) is 2.78. The molecule has 144 valence electrons. The highest BCUT2D eigenvalue weighted by Gasteiger charge is 2.59. The van der Waals surface area contributed by atoms with Crippen molar-refractivity contribution in [3.05, 3.63) is 11.3 Å². The van der Waals surface area contributed by atoms with Gasteiger partial charge in [-0.3, -0.25) is 9.59 Å². The highest BCUT2D eigenvalue weighted by Crippen LogP contribution is 2.48. The summed E-state index contributed by atoms with van der Waals surface area (Å²) in [6, 6.07) is -0.291. The molecule has 4 unspecified atom stereocenters. The predicted octanol–water partition coefficient (Wildman–Crippen LogP) is 1.68. The summed E-state index contributed by atoms with van der Waals surface area (Å²) in [5, 5.41) is 19.3. The molecule has 2 aliphatic rings. The van der Waals surface area contributed by atoms with Crippen LogP contribution in [0.25, 0.3) is 0 Å². The smallest absolute Gasteiger partial charge is 0.352 e. The Hall–Kier alpha value is -2.02. The van der Waals surface area contributed by atoms with E-state index in [1.54, 1.807) is 6.92 Å². The van der Waals surface area contributed by atoms with E-state index in [0.29, 0.717) is 25.7 Å². The Bertz CT molecular complexity index is 650. The van der Waals surface area contributed by atoms with Crippen LogP contribution in [0.2, 0.25) is 0 Å². The number of aliphatic hydroxyl groups excluding tert-OH is 1. The molecule has 0 aromatic carbocycles. The minimum Gasteiger partial charge on any atom is -0.477 e. The van der Waals surface area contributed by atoms with Crippen LogP contribution in [0.15, 0.2) is 11.3 Å². The molecule has 2 heterocycles. The van der Waals surface area contributed by atoms with Gasteiger partial charge in [-0.15, -0.1) is 0 Å². The van der Waals surface area contributed by atoms with Crippen LogP contribution >= 0.6 is 0 Å². The molecule has 0 aromatic rings. The Labute approximate surface area is 153 Å². The fourth-order valence-electron chi connectivity index (χ4n) is 4.06. The number of fused-ring (bicyclic) bond motifs is 1. The number of aliphatic hydroxyl groups is 1. The maximum absolute atomic E-state index is 12.2. The third kappa shape index (κ3) is 3.87. The van der Waals surface area contributed by atoms with E-state index >= 15 is 0 Å². The first kappa shape index (κ1) is 20.3. The second-order valence-corrected chi connectivity index (χ2v) is 7.38. The molecule has 0 aliphatic carbocycles. The quantitative estimate of drug-likeness (QED) is 0.450. The lowest BCUT2D eigenvalue weighted by Crippen LogP contribution is -2.63. The minimum absolute atomic E-state index is 0.00348. The van der Waals surface area contributed by atoms with E-state index in [2.05, 4.69) is 0 Å². The summed E-state index contributed by atoms with van der Waals surface area (Å²) in [5.74, 6) is -2.08. The van der Waals surface area contributed by atoms with Gasteiger partial charge in [0.1, 0.15) is 17.3 Å². The van der Waals surface area contributed by atoms with Crippen LogP contribution in [0.4, 0.5) is 0 Å². The van der Waals surface area contributed by atoms with Crippen molar-refractivity contribution in [2.45, 2.75) is 71.4 Å². The number of aliphatic carboxylic acids is 1. The van der Waals surface area contributed by atoms with E-state index in [9.17, 15) is 29.4 Å². The predicted molar refractivity (Wildman–Crippen MR) is 93.0 cm³/mol. The van der Waals surface area contributed by atoms with Gasteiger partial charge in [-0.2, -0.15) is 0 Å². The molecule has 0 saturated carbocycles. The van der Waals surface area contributed by atoms with E-state index in [1.807, 2.05) is 6.92 Å². The van der Waals surface area contributed by atoms with E-state index in [-0.39, 0.29) is 48.0 Å². The molecule has 26 heavy (non-hydrogen) atoms. The van der Waals surface area contributed by atoms with Crippen molar-refractivity contribution in [1.29, 1.82) is 0 Å². The first-order valence-corrected chi connectivity index (χ1v) is 9.15. The highest BCUT2D eigenvalue weighted by atomic mass is 16.4. The summed E-state index contributed by atoms with van der Waals surface area (Å²) >= 11 is 0. The average molecular weight is 365 g/mol. The van der Waals surface area contributed by atoms with Crippen molar-refractivity contribution in [3.63, 3.8) is 0 Å². The largest absolute Gasteiger partial charge is 0.477 e. The first-order chi connectivity index (χ1) is 12.2. The topological polar surface area (TPSA) is 112 Å². The van der Waals surface area contributed by atoms with E-state index < -0.39 is 18.0 Å². The number of β-lactam (4-membered cyclic amide) rings is 1. The summed E-state index contributed by atoms with van der Waals surface area (Å²) in [6.45, 7) is 4.90. The second kappa shape index (κ2) is 8.12. The summed E-state index contributed by atoms with van der Waals surface area (Å²) < 4.78 is 0. The molecule has 2 rings (SSSR count). The zero-order valence-electron chi connectivity index (χ0n) is 15.5. The number of Topliss-reactive ketones (excluding diaryl/α,β-unsaturated/α-hetero) is 2. The molecule has 2 N–H and O–H groups in total. The number of amides is 1. The Balaban J connectivity index is 1.95. The molecular formula is C19H27NO6. The lowest BCUT2D eigenvalue weighted by atomic mass is 9.77. The SMILES string of the molecule is CC(=O)CCC(=O)CCCCC1=C(C(=O)O)N2C(=O)C(C(C)O)C2C1C. The van der Waals surface area contributed by atoms with Gasteiger partial charge in [0.25, 0.3) is 0 Å². The van der Waals surface area contributed by atoms with Crippen LogP contribution in [-0.4, -0.2) is 50.7 Å². The molecular weight excluding hydrogens is 338 g/mol. The van der Waals surface area contributed by atoms with Gasteiger partial charge in [-0.05, 0) is 38.7 Å². The molecule has 1 amide bonds. The zero-order chi connectivity index (χ0) is 19.6. The summed E-state index contributed by atoms with van der Waals surface area (Å²) in [6.07, 6.45) is 1.88. The lowest BCUT2D eigenvalue weighted by molar-refractivity contribution is -0.163. The molecule has 0 radical (unpaired) electrons. The van der Waals surface area contributed by atoms with E-state index in [0.717, 1.165) is 5.57 Å². The second-order valence-electron chi connectivity index (χ2n) is 7.38. The number of nitrogens with zero attached hydrogens (tertiary/aromatic N) is 1. The van der Waals surface area contributed by atoms with Crippen LogP contribution in [0.1, 0.15) is 59.3 Å². The number of unbranched alkanes of at least 4 members (excludes halogenated alkanes) is 1. The van der Waals surface area contributed by atoms with Gasteiger partial charge < -0.3 is 19.9 Å². The molecule has 2 aliphatic heterocycles. The van der Waals surface area contributed by atoms with Crippen molar-refractivity contribution >= 4 is 23.4 Å². The number of ketones is 2. The number of hydrogen-bond donors (Lipinski definition) is 2. The van der Waals surface area contributed by atoms with Crippen LogP contribution in [0, 0.1) is 11.8 Å². The minimum atomic E-state index is -1.12. The first-order valence-electron chi connectivity index (χ1n) is 9.15.